The van der Waals surface area contributed by atoms with Gasteiger partial charge in [0.15, 0.2) is 5.65 Å². The first-order valence-electron chi connectivity index (χ1n) is 7.82. The van der Waals surface area contributed by atoms with Gasteiger partial charge in [-0.2, -0.15) is 0 Å². The van der Waals surface area contributed by atoms with E-state index in [2.05, 4.69) is 15.1 Å². The number of halogens is 1. The van der Waals surface area contributed by atoms with Crippen LogP contribution in [-0.4, -0.2) is 51.6 Å². The van der Waals surface area contributed by atoms with Crippen LogP contribution in [0.3, 0.4) is 0 Å². The lowest BCUT2D eigenvalue weighted by molar-refractivity contribution is 0.0746. The number of carbonyl (C=O) groups excluding carboxylic acids is 1. The third-order valence-electron chi connectivity index (χ3n) is 4.22. The normalized spacial score (nSPS) is 15.0. The van der Waals surface area contributed by atoms with Crippen molar-refractivity contribution in [1.29, 1.82) is 0 Å². The van der Waals surface area contributed by atoms with Crippen molar-refractivity contribution in [3.63, 3.8) is 0 Å². The molecule has 0 unspecified atom stereocenters. The van der Waals surface area contributed by atoms with Crippen molar-refractivity contribution in [2.45, 2.75) is 0 Å². The van der Waals surface area contributed by atoms with Gasteiger partial charge in [-0.05, 0) is 24.3 Å². The fraction of sp³-hybridized carbons (Fsp3) is 0.235. The summed E-state index contributed by atoms with van der Waals surface area (Å²) in [6.07, 6.45) is 1.81. The lowest BCUT2D eigenvalue weighted by atomic mass is 10.2. The van der Waals surface area contributed by atoms with Gasteiger partial charge in [0, 0.05) is 37.9 Å². The van der Waals surface area contributed by atoms with E-state index in [-0.39, 0.29) is 5.91 Å². The minimum absolute atomic E-state index is 0.0735. The molecule has 0 atom stereocenters. The van der Waals surface area contributed by atoms with Gasteiger partial charge in [0.25, 0.3) is 5.91 Å². The third-order valence-corrected chi connectivity index (χ3v) is 4.44. The molecule has 0 aliphatic carbocycles. The molecule has 0 N–H and O–H groups in total. The maximum absolute atomic E-state index is 12.5. The van der Waals surface area contributed by atoms with Crippen LogP contribution in [0, 0.1) is 0 Å². The summed E-state index contributed by atoms with van der Waals surface area (Å²) in [4.78, 5) is 16.5. The molecule has 6 nitrogen and oxygen atoms in total. The van der Waals surface area contributed by atoms with Crippen molar-refractivity contribution >= 4 is 29.1 Å². The average molecular weight is 342 g/mol. The summed E-state index contributed by atoms with van der Waals surface area (Å²) in [6, 6.07) is 13.0. The van der Waals surface area contributed by atoms with Gasteiger partial charge in [0.1, 0.15) is 0 Å². The van der Waals surface area contributed by atoms with Gasteiger partial charge >= 0.3 is 0 Å². The second-order valence-electron chi connectivity index (χ2n) is 5.72. The summed E-state index contributed by atoms with van der Waals surface area (Å²) in [5.41, 5.74) is 1.49. The first-order valence-corrected chi connectivity index (χ1v) is 8.20. The molecule has 0 bridgehead atoms. The van der Waals surface area contributed by atoms with Crippen molar-refractivity contribution in [3.05, 3.63) is 59.2 Å². The zero-order chi connectivity index (χ0) is 16.5. The zero-order valence-corrected chi connectivity index (χ0v) is 13.7. The summed E-state index contributed by atoms with van der Waals surface area (Å²) in [5, 5.41) is 9.07. The molecule has 3 heterocycles. The van der Waals surface area contributed by atoms with Crippen LogP contribution in [0.4, 0.5) is 5.95 Å². The van der Waals surface area contributed by atoms with Gasteiger partial charge in [-0.15, -0.1) is 10.2 Å². The Morgan fingerprint density at radius 3 is 2.46 bits per heavy atom. The summed E-state index contributed by atoms with van der Waals surface area (Å²) >= 11 is 6.07. The number of nitrogens with zero attached hydrogens (tertiary/aromatic N) is 5. The minimum atomic E-state index is 0.0735. The largest absolute Gasteiger partial charge is 0.337 e. The van der Waals surface area contributed by atoms with Crippen LogP contribution in [-0.2, 0) is 0 Å². The Hall–Kier alpha value is -2.60. The highest BCUT2D eigenvalue weighted by Crippen LogP contribution is 2.19. The second kappa shape index (κ2) is 6.13. The lowest BCUT2D eigenvalue weighted by Gasteiger charge is -2.34. The van der Waals surface area contributed by atoms with Crippen LogP contribution in [0.5, 0.6) is 0 Å². The van der Waals surface area contributed by atoms with E-state index in [1.54, 1.807) is 6.07 Å². The van der Waals surface area contributed by atoms with E-state index in [1.807, 2.05) is 51.9 Å². The highest BCUT2D eigenvalue weighted by molar-refractivity contribution is 6.30. The van der Waals surface area contributed by atoms with Crippen LogP contribution in [0.15, 0.2) is 48.7 Å². The standard InChI is InChI=1S/C17H16ClN5O/c18-14-6-7-15-19-20-17(23(15)12-14)22-10-8-21(9-11-22)16(24)13-4-2-1-3-5-13/h1-7,12H,8-11H2. The highest BCUT2D eigenvalue weighted by Gasteiger charge is 2.24. The van der Waals surface area contributed by atoms with Crippen LogP contribution in [0.25, 0.3) is 5.65 Å². The van der Waals surface area contributed by atoms with E-state index in [9.17, 15) is 4.79 Å². The number of hydrogen-bond donors (Lipinski definition) is 0. The number of benzene rings is 1. The molecule has 1 aliphatic rings. The average Bonchev–Trinajstić information content (AvgIpc) is 3.05. The summed E-state index contributed by atoms with van der Waals surface area (Å²) in [7, 11) is 0. The van der Waals surface area contributed by atoms with Crippen molar-refractivity contribution in [2.24, 2.45) is 0 Å². The zero-order valence-electron chi connectivity index (χ0n) is 13.0. The Kier molecular flexibility index (Phi) is 3.82. The summed E-state index contributed by atoms with van der Waals surface area (Å²) in [6.45, 7) is 2.74. The molecule has 0 spiro atoms. The molecule has 3 aromatic rings. The van der Waals surface area contributed by atoms with Crippen LogP contribution in [0.2, 0.25) is 5.02 Å². The second-order valence-corrected chi connectivity index (χ2v) is 6.16. The van der Waals surface area contributed by atoms with Crippen molar-refractivity contribution in [1.82, 2.24) is 19.5 Å². The molecule has 1 fully saturated rings. The molecule has 0 radical (unpaired) electrons. The first-order chi connectivity index (χ1) is 11.7. The molecule has 1 aromatic carbocycles. The Bertz CT molecular complexity index is 871. The molecule has 1 saturated heterocycles. The monoisotopic (exact) mass is 341 g/mol. The van der Waals surface area contributed by atoms with Crippen LogP contribution < -0.4 is 4.90 Å². The van der Waals surface area contributed by atoms with Crippen LogP contribution in [0.1, 0.15) is 10.4 Å². The van der Waals surface area contributed by atoms with E-state index in [1.165, 1.54) is 0 Å². The minimum Gasteiger partial charge on any atom is -0.337 e. The molecule has 1 amide bonds. The maximum Gasteiger partial charge on any atom is 0.253 e. The number of amides is 1. The highest BCUT2D eigenvalue weighted by atomic mass is 35.5. The van der Waals surface area contributed by atoms with Gasteiger partial charge in [-0.3, -0.25) is 9.20 Å². The Balaban J connectivity index is 1.49. The lowest BCUT2D eigenvalue weighted by Crippen LogP contribution is -2.49. The first kappa shape index (κ1) is 15.0. The fourth-order valence-electron chi connectivity index (χ4n) is 2.94. The number of anilines is 1. The molecular weight excluding hydrogens is 326 g/mol. The third kappa shape index (κ3) is 2.69. The molecule has 2 aromatic heterocycles. The van der Waals surface area contributed by atoms with Crippen molar-refractivity contribution in [3.8, 4) is 0 Å². The quantitative estimate of drug-likeness (QED) is 0.718. The number of fused-ring (bicyclic) bond motifs is 1. The van der Waals surface area contributed by atoms with E-state index in [0.29, 0.717) is 31.2 Å². The van der Waals surface area contributed by atoms with Gasteiger partial charge in [-0.25, -0.2) is 0 Å². The van der Waals surface area contributed by atoms with Gasteiger partial charge in [-0.1, -0.05) is 29.8 Å². The van der Waals surface area contributed by atoms with Crippen molar-refractivity contribution in [2.75, 3.05) is 31.1 Å². The van der Waals surface area contributed by atoms with Gasteiger partial charge < -0.3 is 9.80 Å². The summed E-state index contributed by atoms with van der Waals surface area (Å²) in [5.74, 6) is 0.837. The SMILES string of the molecule is O=C(c1ccccc1)N1CCN(c2nnc3ccc(Cl)cn23)CC1. The van der Waals surface area contributed by atoms with Gasteiger partial charge in [0.2, 0.25) is 5.95 Å². The molecule has 4 rings (SSSR count). The summed E-state index contributed by atoms with van der Waals surface area (Å²) < 4.78 is 1.89. The van der Waals surface area contributed by atoms with Crippen LogP contribution >= 0.6 is 11.6 Å². The number of hydrogen-bond acceptors (Lipinski definition) is 4. The molecular formula is C17H16ClN5O. The number of aromatic nitrogens is 3. The number of carbonyl (C=O) groups is 1. The number of pyridine rings is 1. The Morgan fingerprint density at radius 2 is 1.71 bits per heavy atom. The molecule has 1 aliphatic heterocycles. The fourth-order valence-corrected chi connectivity index (χ4v) is 3.10. The predicted octanol–water partition coefficient (Wildman–Crippen LogP) is 2.35. The Morgan fingerprint density at radius 1 is 0.958 bits per heavy atom. The number of piperazine rings is 1. The van der Waals surface area contributed by atoms with Crippen molar-refractivity contribution < 1.29 is 4.79 Å². The molecule has 7 heteroatoms. The topological polar surface area (TPSA) is 53.7 Å². The van der Waals surface area contributed by atoms with E-state index in [0.717, 1.165) is 17.2 Å². The Labute approximate surface area is 144 Å². The van der Waals surface area contributed by atoms with Gasteiger partial charge in [0.05, 0.1) is 5.02 Å². The number of rotatable bonds is 2. The predicted molar refractivity (Wildman–Crippen MR) is 92.6 cm³/mol. The molecule has 0 saturated carbocycles. The van der Waals surface area contributed by atoms with E-state index in [4.69, 9.17) is 11.6 Å². The molecule has 24 heavy (non-hydrogen) atoms. The maximum atomic E-state index is 12.5. The van der Waals surface area contributed by atoms with E-state index < -0.39 is 0 Å². The smallest absolute Gasteiger partial charge is 0.253 e. The van der Waals surface area contributed by atoms with E-state index >= 15 is 0 Å². The molecule has 122 valence electrons.